The highest BCUT2D eigenvalue weighted by Crippen LogP contribution is 2.42. The van der Waals surface area contributed by atoms with E-state index in [2.05, 4.69) is 37.2 Å². The van der Waals surface area contributed by atoms with Crippen LogP contribution in [0.3, 0.4) is 0 Å². The number of anilines is 1. The molecule has 1 aliphatic rings. The van der Waals surface area contributed by atoms with Gasteiger partial charge in [-0.3, -0.25) is 14.9 Å². The highest BCUT2D eigenvalue weighted by molar-refractivity contribution is 9.13. The molecule has 4 amide bonds. The van der Waals surface area contributed by atoms with Crippen LogP contribution in [0.25, 0.3) is 6.08 Å². The van der Waals surface area contributed by atoms with Crippen LogP contribution < -0.4 is 15.0 Å². The van der Waals surface area contributed by atoms with Gasteiger partial charge in [-0.05, 0) is 73.8 Å². The highest BCUT2D eigenvalue weighted by atomic mass is 79.9. The van der Waals surface area contributed by atoms with E-state index in [0.717, 1.165) is 17.0 Å². The van der Waals surface area contributed by atoms with E-state index in [1.807, 2.05) is 0 Å². The number of nitrogens with zero attached hydrogens (tertiary/aromatic N) is 1. The topological polar surface area (TPSA) is 95.9 Å². The lowest BCUT2D eigenvalue weighted by atomic mass is 10.1. The zero-order chi connectivity index (χ0) is 20.6. The van der Waals surface area contributed by atoms with Gasteiger partial charge in [0.05, 0.1) is 17.3 Å². The average molecular weight is 514 g/mol. The third-order valence-corrected chi connectivity index (χ3v) is 6.04. The van der Waals surface area contributed by atoms with E-state index in [1.54, 1.807) is 0 Å². The molecule has 2 aromatic rings. The third-order valence-electron chi connectivity index (χ3n) is 3.88. The summed E-state index contributed by atoms with van der Waals surface area (Å²) in [4.78, 5) is 38.0. The van der Waals surface area contributed by atoms with E-state index in [9.17, 15) is 23.9 Å². The van der Waals surface area contributed by atoms with Crippen molar-refractivity contribution < 1.29 is 28.6 Å². The molecule has 0 aromatic heterocycles. The minimum absolute atomic E-state index is 0.103. The molecule has 7 nitrogen and oxygen atoms in total. The maximum atomic E-state index is 13.1. The average Bonchev–Trinajstić information content (AvgIpc) is 2.66. The first-order valence-corrected chi connectivity index (χ1v) is 9.25. The number of hydrogen-bond acceptors (Lipinski definition) is 5. The highest BCUT2D eigenvalue weighted by Gasteiger charge is 2.37. The van der Waals surface area contributed by atoms with E-state index in [4.69, 9.17) is 4.74 Å². The smallest absolute Gasteiger partial charge is 0.335 e. The minimum atomic E-state index is -0.942. The summed E-state index contributed by atoms with van der Waals surface area (Å²) in [5.41, 5.74) is 0.114. The Morgan fingerprint density at radius 1 is 1.14 bits per heavy atom. The number of barbiturate groups is 1. The maximum Gasteiger partial charge on any atom is 0.335 e. The van der Waals surface area contributed by atoms with Gasteiger partial charge in [-0.1, -0.05) is 0 Å². The molecule has 28 heavy (non-hydrogen) atoms. The molecule has 0 unspecified atom stereocenters. The van der Waals surface area contributed by atoms with E-state index < -0.39 is 23.7 Å². The van der Waals surface area contributed by atoms with Crippen LogP contribution in [0, 0.1) is 5.82 Å². The van der Waals surface area contributed by atoms with Crippen molar-refractivity contribution >= 4 is 61.5 Å². The fraction of sp³-hybridized carbons (Fsp3) is 0.0556. The second-order valence-corrected chi connectivity index (χ2v) is 7.16. The molecule has 0 saturated carbocycles. The molecule has 0 radical (unpaired) electrons. The van der Waals surface area contributed by atoms with Gasteiger partial charge in [0.15, 0.2) is 11.5 Å². The number of phenols is 1. The van der Waals surface area contributed by atoms with Crippen LogP contribution in [0.1, 0.15) is 5.56 Å². The number of methoxy groups -OCH3 is 1. The Bertz CT molecular complexity index is 1040. The number of rotatable bonds is 3. The first kappa shape index (κ1) is 20.0. The van der Waals surface area contributed by atoms with Crippen LogP contribution in [-0.2, 0) is 9.59 Å². The molecule has 2 aromatic carbocycles. The lowest BCUT2D eigenvalue weighted by Crippen LogP contribution is -2.54. The Balaban J connectivity index is 2.09. The van der Waals surface area contributed by atoms with Crippen molar-refractivity contribution in [2.45, 2.75) is 0 Å². The number of imide groups is 2. The predicted molar refractivity (Wildman–Crippen MR) is 105 cm³/mol. The molecule has 1 aliphatic heterocycles. The molecule has 10 heteroatoms. The van der Waals surface area contributed by atoms with Crippen molar-refractivity contribution in [3.05, 3.63) is 56.2 Å². The van der Waals surface area contributed by atoms with Crippen LogP contribution in [0.2, 0.25) is 0 Å². The molecule has 0 aliphatic carbocycles. The summed E-state index contributed by atoms with van der Waals surface area (Å²) >= 11 is 6.46. The SMILES string of the molecule is COc1cc(/C=C2\C(=O)NC(=O)N(c3ccc(F)cc3)C2=O)c(Br)c(Br)c1O. The van der Waals surface area contributed by atoms with Gasteiger partial charge in [-0.25, -0.2) is 14.1 Å². The van der Waals surface area contributed by atoms with Crippen LogP contribution in [0.4, 0.5) is 14.9 Å². The van der Waals surface area contributed by atoms with E-state index in [1.165, 1.54) is 31.4 Å². The summed E-state index contributed by atoms with van der Waals surface area (Å²) in [6, 6.07) is 5.15. The van der Waals surface area contributed by atoms with Crippen molar-refractivity contribution in [2.24, 2.45) is 0 Å². The number of phenolic OH excluding ortho intramolecular Hbond substituents is 1. The monoisotopic (exact) mass is 512 g/mol. The van der Waals surface area contributed by atoms with Crippen molar-refractivity contribution in [2.75, 3.05) is 12.0 Å². The van der Waals surface area contributed by atoms with Gasteiger partial charge in [0, 0.05) is 4.47 Å². The Morgan fingerprint density at radius 2 is 1.79 bits per heavy atom. The lowest BCUT2D eigenvalue weighted by Gasteiger charge is -2.26. The predicted octanol–water partition coefficient (Wildman–Crippen LogP) is 3.73. The van der Waals surface area contributed by atoms with Crippen LogP contribution in [0.5, 0.6) is 11.5 Å². The first-order chi connectivity index (χ1) is 13.2. The normalized spacial score (nSPS) is 15.8. The van der Waals surface area contributed by atoms with E-state index >= 15 is 0 Å². The number of carbonyl (C=O) groups is 3. The number of amides is 4. The maximum absolute atomic E-state index is 13.1. The standard InChI is InChI=1S/C18H11Br2FN2O5/c1-28-12-7-8(13(19)14(20)15(12)24)6-11-16(25)22-18(27)23(17(11)26)10-4-2-9(21)3-5-10/h2-7,24H,1H3,(H,22,25,27)/b11-6+. The number of nitrogens with one attached hydrogen (secondary N) is 1. The zero-order valence-electron chi connectivity index (χ0n) is 14.1. The molecule has 0 atom stereocenters. The van der Waals surface area contributed by atoms with Gasteiger partial charge in [0.25, 0.3) is 11.8 Å². The van der Waals surface area contributed by atoms with Gasteiger partial charge >= 0.3 is 6.03 Å². The summed E-state index contributed by atoms with van der Waals surface area (Å²) < 4.78 is 18.8. The molecule has 144 valence electrons. The van der Waals surface area contributed by atoms with Gasteiger partial charge in [-0.15, -0.1) is 0 Å². The number of hydrogen-bond donors (Lipinski definition) is 2. The second kappa shape index (κ2) is 7.72. The largest absolute Gasteiger partial charge is 0.503 e. The van der Waals surface area contributed by atoms with Crippen LogP contribution >= 0.6 is 31.9 Å². The molecule has 2 N–H and O–H groups in total. The van der Waals surface area contributed by atoms with Crippen LogP contribution in [0.15, 0.2) is 44.9 Å². The van der Waals surface area contributed by atoms with Gasteiger partial charge in [0.1, 0.15) is 11.4 Å². The fourth-order valence-corrected chi connectivity index (χ4v) is 3.35. The Labute approximate surface area is 175 Å². The van der Waals surface area contributed by atoms with Gasteiger partial charge in [-0.2, -0.15) is 0 Å². The van der Waals surface area contributed by atoms with Gasteiger partial charge in [0.2, 0.25) is 0 Å². The molecule has 1 heterocycles. The molecule has 1 saturated heterocycles. The second-order valence-electron chi connectivity index (χ2n) is 5.58. The number of aromatic hydroxyl groups is 1. The van der Waals surface area contributed by atoms with Crippen molar-refractivity contribution in [1.82, 2.24) is 5.32 Å². The Morgan fingerprint density at radius 3 is 2.39 bits per heavy atom. The Kier molecular flexibility index (Phi) is 5.52. The van der Waals surface area contributed by atoms with Crippen molar-refractivity contribution in [3.8, 4) is 11.5 Å². The van der Waals surface area contributed by atoms with Crippen molar-refractivity contribution in [1.29, 1.82) is 0 Å². The number of ether oxygens (including phenoxy) is 1. The Hall–Kier alpha value is -2.72. The number of benzene rings is 2. The number of urea groups is 1. The van der Waals surface area contributed by atoms with Crippen LogP contribution in [-0.4, -0.2) is 30.1 Å². The molecular weight excluding hydrogens is 503 g/mol. The molecule has 0 bridgehead atoms. The zero-order valence-corrected chi connectivity index (χ0v) is 17.3. The summed E-state index contributed by atoms with van der Waals surface area (Å²) in [5.74, 6) is -2.36. The molecule has 1 fully saturated rings. The number of halogens is 3. The summed E-state index contributed by atoms with van der Waals surface area (Å²) in [6.45, 7) is 0. The van der Waals surface area contributed by atoms with Gasteiger partial charge < -0.3 is 9.84 Å². The summed E-state index contributed by atoms with van der Waals surface area (Å²) in [6.07, 6.45) is 1.25. The summed E-state index contributed by atoms with van der Waals surface area (Å²) in [7, 11) is 1.35. The minimum Gasteiger partial charge on any atom is -0.503 e. The van der Waals surface area contributed by atoms with E-state index in [0.29, 0.717) is 10.0 Å². The molecule has 0 spiro atoms. The quantitative estimate of drug-likeness (QED) is 0.481. The molecular formula is C18H11Br2FN2O5. The summed E-state index contributed by atoms with van der Waals surface area (Å²) in [5, 5.41) is 12.1. The molecule has 3 rings (SSSR count). The fourth-order valence-electron chi connectivity index (χ4n) is 2.51. The van der Waals surface area contributed by atoms with E-state index in [-0.39, 0.29) is 27.2 Å². The first-order valence-electron chi connectivity index (χ1n) is 7.66. The number of carbonyl (C=O) groups excluding carboxylic acids is 3. The third kappa shape index (κ3) is 3.52. The van der Waals surface area contributed by atoms with Crippen molar-refractivity contribution in [3.63, 3.8) is 0 Å². The lowest BCUT2D eigenvalue weighted by molar-refractivity contribution is -0.122.